The minimum atomic E-state index is -0.437. The predicted molar refractivity (Wildman–Crippen MR) is 116 cm³/mol. The lowest BCUT2D eigenvalue weighted by Gasteiger charge is -2.27. The third-order valence-corrected chi connectivity index (χ3v) is 5.87. The number of nitrogens with zero attached hydrogens (tertiary/aromatic N) is 5. The summed E-state index contributed by atoms with van der Waals surface area (Å²) in [5, 5.41) is 14.4. The fourth-order valence-corrected chi connectivity index (χ4v) is 4.19. The molecule has 7 nitrogen and oxygen atoms in total. The number of nitrogens with one attached hydrogen (secondary N) is 1. The molecule has 3 aromatic heterocycles. The van der Waals surface area contributed by atoms with Gasteiger partial charge < -0.3 is 4.90 Å². The van der Waals surface area contributed by atoms with E-state index in [0.717, 1.165) is 22.0 Å². The highest BCUT2D eigenvalue weighted by molar-refractivity contribution is 7.18. The van der Waals surface area contributed by atoms with Crippen molar-refractivity contribution in [3.63, 3.8) is 0 Å². The number of carbonyl (C=O) groups excluding carboxylic acids is 1. The van der Waals surface area contributed by atoms with Crippen LogP contribution in [0.4, 0.5) is 10.9 Å². The molecule has 0 saturated carbocycles. The molecular weight excluding hydrogens is 404 g/mol. The minimum absolute atomic E-state index is 0.151. The third kappa shape index (κ3) is 4.64. The van der Waals surface area contributed by atoms with Gasteiger partial charge in [-0.05, 0) is 17.7 Å². The summed E-state index contributed by atoms with van der Waals surface area (Å²) < 4.78 is 0. The van der Waals surface area contributed by atoms with Crippen LogP contribution in [0, 0.1) is 0 Å². The quantitative estimate of drug-likeness (QED) is 0.488. The lowest BCUT2D eigenvalue weighted by atomic mass is 10.0. The van der Waals surface area contributed by atoms with Gasteiger partial charge in [-0.25, -0.2) is 4.98 Å². The van der Waals surface area contributed by atoms with Crippen molar-refractivity contribution in [1.82, 2.24) is 20.2 Å². The van der Waals surface area contributed by atoms with Gasteiger partial charge in [-0.1, -0.05) is 41.7 Å². The number of likely N-dealkylation sites (N-methyl/N-ethyl adjacent to an activating group) is 1. The van der Waals surface area contributed by atoms with Gasteiger partial charge in [0.1, 0.15) is 16.9 Å². The second-order valence-corrected chi connectivity index (χ2v) is 8.00. The Bertz CT molecular complexity index is 1050. The van der Waals surface area contributed by atoms with Crippen LogP contribution in [0.3, 0.4) is 0 Å². The summed E-state index contributed by atoms with van der Waals surface area (Å²) in [5.41, 5.74) is 3.75. The van der Waals surface area contributed by atoms with E-state index >= 15 is 0 Å². The molecule has 0 fully saturated rings. The van der Waals surface area contributed by atoms with Crippen LogP contribution < -0.4 is 10.2 Å². The van der Waals surface area contributed by atoms with E-state index in [-0.39, 0.29) is 5.91 Å². The number of benzene rings is 1. The Morgan fingerprint density at radius 2 is 1.93 bits per heavy atom. The van der Waals surface area contributed by atoms with Crippen molar-refractivity contribution in [2.24, 2.45) is 0 Å². The van der Waals surface area contributed by atoms with Gasteiger partial charge in [0.05, 0.1) is 5.51 Å². The number of aromatic nitrogens is 4. The number of thiazole rings is 1. The van der Waals surface area contributed by atoms with Crippen molar-refractivity contribution >= 4 is 39.5 Å². The van der Waals surface area contributed by atoms with Gasteiger partial charge in [0.2, 0.25) is 11.0 Å². The second-order valence-electron chi connectivity index (χ2n) is 6.30. The normalized spacial score (nSPS) is 11.8. The largest absolute Gasteiger partial charge is 0.347 e. The molecule has 0 spiro atoms. The summed E-state index contributed by atoms with van der Waals surface area (Å²) in [6.07, 6.45) is 3.96. The Balaban J connectivity index is 1.54. The molecule has 1 N–H and O–H groups in total. The average molecular weight is 423 g/mol. The number of anilines is 2. The van der Waals surface area contributed by atoms with Crippen molar-refractivity contribution in [2.45, 2.75) is 12.5 Å². The first-order valence-corrected chi connectivity index (χ1v) is 10.7. The number of hydrogen-bond donors (Lipinski definition) is 1. The summed E-state index contributed by atoms with van der Waals surface area (Å²) in [4.78, 5) is 23.4. The zero-order valence-corrected chi connectivity index (χ0v) is 17.2. The van der Waals surface area contributed by atoms with E-state index in [1.165, 1.54) is 22.7 Å². The number of amides is 1. The molecule has 1 aromatic carbocycles. The van der Waals surface area contributed by atoms with Crippen LogP contribution in [0.15, 0.2) is 65.7 Å². The fourth-order valence-electron chi connectivity index (χ4n) is 2.86. The summed E-state index contributed by atoms with van der Waals surface area (Å²) in [6, 6.07) is 13.2. The molecule has 0 aliphatic rings. The second kappa shape index (κ2) is 8.89. The van der Waals surface area contributed by atoms with Crippen molar-refractivity contribution in [3.05, 3.63) is 71.3 Å². The molecule has 0 aliphatic heterocycles. The van der Waals surface area contributed by atoms with E-state index in [2.05, 4.69) is 25.5 Å². The Kier molecular flexibility index (Phi) is 5.87. The Morgan fingerprint density at radius 1 is 1.14 bits per heavy atom. The van der Waals surface area contributed by atoms with Crippen LogP contribution in [0.5, 0.6) is 0 Å². The van der Waals surface area contributed by atoms with Gasteiger partial charge in [-0.2, -0.15) is 0 Å². The molecular formula is C20H18N6OS2. The molecule has 1 atom stereocenters. The highest BCUT2D eigenvalue weighted by Crippen LogP contribution is 2.26. The Morgan fingerprint density at radius 3 is 2.66 bits per heavy atom. The monoisotopic (exact) mass is 422 g/mol. The number of rotatable bonds is 7. The summed E-state index contributed by atoms with van der Waals surface area (Å²) in [7, 11) is 1.88. The van der Waals surface area contributed by atoms with Crippen LogP contribution in [-0.2, 0) is 11.2 Å². The first-order valence-electron chi connectivity index (χ1n) is 8.90. The van der Waals surface area contributed by atoms with Gasteiger partial charge in [0.25, 0.3) is 0 Å². The molecule has 0 radical (unpaired) electrons. The van der Waals surface area contributed by atoms with Crippen molar-refractivity contribution in [3.8, 4) is 10.6 Å². The summed E-state index contributed by atoms with van der Waals surface area (Å²) >= 11 is 2.83. The number of hydrogen-bond acceptors (Lipinski definition) is 8. The smallest absolute Gasteiger partial charge is 0.249 e. The third-order valence-electron chi connectivity index (χ3n) is 4.41. The molecule has 1 amide bonds. The molecule has 4 rings (SSSR count). The van der Waals surface area contributed by atoms with Gasteiger partial charge in [-0.3, -0.25) is 15.1 Å². The molecule has 0 saturated heterocycles. The standard InChI is InChI=1S/C20H18N6OS2/c1-26(17-12-28-13-22-17)16(11-14-5-3-2-4-6-14)18(27)23-20-25-24-19(29-20)15-7-9-21-10-8-15/h2-10,12-13,16H,11H2,1H3,(H,23,25,27)/t16-/m0/s1. The van der Waals surface area contributed by atoms with Crippen LogP contribution in [0.2, 0.25) is 0 Å². The predicted octanol–water partition coefficient (Wildman–Crippen LogP) is 3.74. The Labute approximate surface area is 176 Å². The van der Waals surface area contributed by atoms with Crippen molar-refractivity contribution in [1.29, 1.82) is 0 Å². The van der Waals surface area contributed by atoms with Gasteiger partial charge >= 0.3 is 0 Å². The lowest BCUT2D eigenvalue weighted by molar-refractivity contribution is -0.117. The van der Waals surface area contributed by atoms with Crippen LogP contribution in [-0.4, -0.2) is 39.2 Å². The van der Waals surface area contributed by atoms with E-state index in [4.69, 9.17) is 0 Å². The highest BCUT2D eigenvalue weighted by atomic mass is 32.1. The zero-order valence-electron chi connectivity index (χ0n) is 15.6. The lowest BCUT2D eigenvalue weighted by Crippen LogP contribution is -2.43. The van der Waals surface area contributed by atoms with E-state index in [0.29, 0.717) is 11.6 Å². The van der Waals surface area contributed by atoms with E-state index < -0.39 is 6.04 Å². The van der Waals surface area contributed by atoms with E-state index in [1.54, 1.807) is 17.9 Å². The van der Waals surface area contributed by atoms with Crippen LogP contribution in [0.1, 0.15) is 5.56 Å². The van der Waals surface area contributed by atoms with Gasteiger partial charge in [0, 0.05) is 36.8 Å². The maximum Gasteiger partial charge on any atom is 0.249 e. The average Bonchev–Trinajstić information content (AvgIpc) is 3.45. The maximum atomic E-state index is 13.2. The molecule has 4 aromatic rings. The number of pyridine rings is 1. The highest BCUT2D eigenvalue weighted by Gasteiger charge is 2.26. The molecule has 146 valence electrons. The molecule has 0 unspecified atom stereocenters. The van der Waals surface area contributed by atoms with Gasteiger partial charge in [-0.15, -0.1) is 21.5 Å². The zero-order chi connectivity index (χ0) is 20.1. The first-order chi connectivity index (χ1) is 14.2. The minimum Gasteiger partial charge on any atom is -0.347 e. The first kappa shape index (κ1) is 19.2. The Hall–Kier alpha value is -3.17. The number of carbonyl (C=O) groups is 1. The van der Waals surface area contributed by atoms with Crippen LogP contribution >= 0.6 is 22.7 Å². The van der Waals surface area contributed by atoms with Crippen molar-refractivity contribution < 1.29 is 4.79 Å². The van der Waals surface area contributed by atoms with Crippen molar-refractivity contribution in [2.75, 3.05) is 17.3 Å². The molecule has 0 aliphatic carbocycles. The maximum absolute atomic E-state index is 13.2. The molecule has 9 heteroatoms. The summed E-state index contributed by atoms with van der Waals surface area (Å²) in [6.45, 7) is 0. The van der Waals surface area contributed by atoms with E-state index in [1.807, 2.05) is 59.8 Å². The SMILES string of the molecule is CN(c1cscn1)[C@@H](Cc1ccccc1)C(=O)Nc1nnc(-c2ccncc2)s1. The van der Waals surface area contributed by atoms with Crippen LogP contribution in [0.25, 0.3) is 10.6 Å². The van der Waals surface area contributed by atoms with Gasteiger partial charge in [0.15, 0.2) is 0 Å². The molecule has 3 heterocycles. The molecule has 29 heavy (non-hydrogen) atoms. The fraction of sp³-hybridized carbons (Fsp3) is 0.150. The molecule has 0 bridgehead atoms. The summed E-state index contributed by atoms with van der Waals surface area (Å²) in [5.74, 6) is 0.614. The van der Waals surface area contributed by atoms with E-state index in [9.17, 15) is 4.79 Å². The topological polar surface area (TPSA) is 83.9 Å².